The summed E-state index contributed by atoms with van der Waals surface area (Å²) in [6.07, 6.45) is 4.28. The van der Waals surface area contributed by atoms with Gasteiger partial charge in [0.05, 0.1) is 11.4 Å². The summed E-state index contributed by atoms with van der Waals surface area (Å²) in [6, 6.07) is 8.34. The average Bonchev–Trinajstić information content (AvgIpc) is 2.48. The Hall–Kier alpha value is -1.55. The fraction of sp³-hybridized carbons (Fsp3) is 0.588. The molecule has 116 valence electrons. The summed E-state index contributed by atoms with van der Waals surface area (Å²) < 4.78 is 0. The van der Waals surface area contributed by atoms with Crippen LogP contribution in [0.1, 0.15) is 39.5 Å². The Morgan fingerprint density at radius 2 is 1.95 bits per heavy atom. The van der Waals surface area contributed by atoms with Gasteiger partial charge in [0.25, 0.3) is 0 Å². The Bertz CT molecular complexity index is 455. The zero-order valence-corrected chi connectivity index (χ0v) is 13.2. The molecule has 0 aromatic heterocycles. The topological polar surface area (TPSA) is 44.4 Å². The van der Waals surface area contributed by atoms with E-state index in [4.69, 9.17) is 0 Å². The lowest BCUT2D eigenvalue weighted by molar-refractivity contribution is -0.116. The lowest BCUT2D eigenvalue weighted by Crippen LogP contribution is -2.32. The first-order valence-electron chi connectivity index (χ1n) is 8.08. The Labute approximate surface area is 127 Å². The van der Waals surface area contributed by atoms with Crippen molar-refractivity contribution in [1.82, 2.24) is 5.32 Å². The van der Waals surface area contributed by atoms with Gasteiger partial charge in [-0.15, -0.1) is 0 Å². The highest BCUT2D eigenvalue weighted by Crippen LogP contribution is 2.28. The van der Waals surface area contributed by atoms with Crippen molar-refractivity contribution in [3.05, 3.63) is 24.3 Å². The van der Waals surface area contributed by atoms with Crippen molar-refractivity contribution < 1.29 is 4.79 Å². The van der Waals surface area contributed by atoms with Crippen LogP contribution in [0.15, 0.2) is 24.3 Å². The molecule has 1 amide bonds. The van der Waals surface area contributed by atoms with Gasteiger partial charge in [-0.1, -0.05) is 19.1 Å². The van der Waals surface area contributed by atoms with E-state index in [0.29, 0.717) is 6.42 Å². The molecule has 1 aromatic carbocycles. The maximum Gasteiger partial charge on any atom is 0.225 e. The first-order chi connectivity index (χ1) is 10.2. The molecule has 21 heavy (non-hydrogen) atoms. The van der Waals surface area contributed by atoms with Crippen LogP contribution in [0.3, 0.4) is 0 Å². The minimum absolute atomic E-state index is 0.0768. The summed E-state index contributed by atoms with van der Waals surface area (Å²) in [6.45, 7) is 7.15. The molecule has 4 heteroatoms. The molecule has 0 bridgehead atoms. The third-order valence-electron chi connectivity index (χ3n) is 3.92. The standard InChI is InChI=1S/C17H27N3O/c1-3-18-14(2)13-17(21)19-15-9-5-6-10-16(15)20-11-7-4-8-12-20/h5-6,9-10,14,18H,3-4,7-8,11-13H2,1-2H3,(H,19,21). The summed E-state index contributed by atoms with van der Waals surface area (Å²) >= 11 is 0. The number of piperidine rings is 1. The van der Waals surface area contributed by atoms with Crippen LogP contribution >= 0.6 is 0 Å². The average molecular weight is 289 g/mol. The molecular formula is C17H27N3O. The molecule has 1 saturated heterocycles. The molecule has 2 rings (SSSR count). The molecule has 1 unspecified atom stereocenters. The predicted molar refractivity (Wildman–Crippen MR) is 88.9 cm³/mol. The quantitative estimate of drug-likeness (QED) is 0.846. The van der Waals surface area contributed by atoms with Gasteiger partial charge in [-0.3, -0.25) is 4.79 Å². The number of para-hydroxylation sites is 2. The SMILES string of the molecule is CCNC(C)CC(=O)Nc1ccccc1N1CCCCC1. The van der Waals surface area contributed by atoms with Crippen LogP contribution in [-0.4, -0.2) is 31.6 Å². The van der Waals surface area contributed by atoms with E-state index in [-0.39, 0.29) is 11.9 Å². The summed E-state index contributed by atoms with van der Waals surface area (Å²) in [5.74, 6) is 0.0768. The Morgan fingerprint density at radius 3 is 2.67 bits per heavy atom. The van der Waals surface area contributed by atoms with Crippen LogP contribution in [0, 0.1) is 0 Å². The molecule has 1 atom stereocenters. The maximum atomic E-state index is 12.2. The highest BCUT2D eigenvalue weighted by Gasteiger charge is 2.16. The summed E-state index contributed by atoms with van der Waals surface area (Å²) in [4.78, 5) is 14.5. The molecule has 1 heterocycles. The summed E-state index contributed by atoms with van der Waals surface area (Å²) in [5, 5.41) is 6.35. The summed E-state index contributed by atoms with van der Waals surface area (Å²) in [5.41, 5.74) is 2.09. The van der Waals surface area contributed by atoms with Crippen LogP contribution in [0.2, 0.25) is 0 Å². The molecule has 1 fully saturated rings. The largest absolute Gasteiger partial charge is 0.370 e. The van der Waals surface area contributed by atoms with Crippen LogP contribution in [0.5, 0.6) is 0 Å². The molecule has 0 radical (unpaired) electrons. The van der Waals surface area contributed by atoms with Gasteiger partial charge in [0.2, 0.25) is 5.91 Å². The van der Waals surface area contributed by atoms with Gasteiger partial charge in [0, 0.05) is 25.6 Å². The molecule has 0 aliphatic carbocycles. The molecule has 1 aromatic rings. The number of hydrogen-bond acceptors (Lipinski definition) is 3. The zero-order chi connectivity index (χ0) is 15.1. The van der Waals surface area contributed by atoms with Crippen LogP contribution in [0.25, 0.3) is 0 Å². The normalized spacial score (nSPS) is 16.6. The van der Waals surface area contributed by atoms with E-state index >= 15 is 0 Å². The van der Waals surface area contributed by atoms with E-state index in [2.05, 4.69) is 28.5 Å². The number of nitrogens with one attached hydrogen (secondary N) is 2. The molecule has 0 spiro atoms. The highest BCUT2D eigenvalue weighted by atomic mass is 16.1. The van der Waals surface area contributed by atoms with Crippen molar-refractivity contribution in [1.29, 1.82) is 0 Å². The van der Waals surface area contributed by atoms with Crippen molar-refractivity contribution in [3.63, 3.8) is 0 Å². The molecule has 1 aliphatic rings. The third kappa shape index (κ3) is 4.74. The fourth-order valence-electron chi connectivity index (χ4n) is 2.89. The van der Waals surface area contributed by atoms with Gasteiger partial charge in [-0.05, 0) is 44.9 Å². The van der Waals surface area contributed by atoms with Gasteiger partial charge < -0.3 is 15.5 Å². The number of rotatable bonds is 6. The van der Waals surface area contributed by atoms with E-state index in [1.54, 1.807) is 0 Å². The minimum atomic E-state index is 0.0768. The lowest BCUT2D eigenvalue weighted by Gasteiger charge is -2.30. The second kappa shape index (κ2) is 8.03. The lowest BCUT2D eigenvalue weighted by atomic mass is 10.1. The third-order valence-corrected chi connectivity index (χ3v) is 3.92. The van der Waals surface area contributed by atoms with Gasteiger partial charge in [0.1, 0.15) is 0 Å². The van der Waals surface area contributed by atoms with Crippen molar-refractivity contribution in [2.24, 2.45) is 0 Å². The van der Waals surface area contributed by atoms with Gasteiger partial charge >= 0.3 is 0 Å². The van der Waals surface area contributed by atoms with Crippen molar-refractivity contribution in [3.8, 4) is 0 Å². The molecule has 4 nitrogen and oxygen atoms in total. The first kappa shape index (κ1) is 15.8. The zero-order valence-electron chi connectivity index (χ0n) is 13.2. The predicted octanol–water partition coefficient (Wildman–Crippen LogP) is 3.00. The number of benzene rings is 1. The van der Waals surface area contributed by atoms with Crippen LogP contribution in [0.4, 0.5) is 11.4 Å². The number of anilines is 2. The van der Waals surface area contributed by atoms with E-state index in [9.17, 15) is 4.79 Å². The van der Waals surface area contributed by atoms with E-state index in [0.717, 1.165) is 31.0 Å². The molecular weight excluding hydrogens is 262 g/mol. The number of amides is 1. The Balaban J connectivity index is 2.00. The van der Waals surface area contributed by atoms with E-state index < -0.39 is 0 Å². The van der Waals surface area contributed by atoms with E-state index in [1.165, 1.54) is 19.3 Å². The number of nitrogens with zero attached hydrogens (tertiary/aromatic N) is 1. The first-order valence-corrected chi connectivity index (χ1v) is 8.08. The highest BCUT2D eigenvalue weighted by molar-refractivity contribution is 5.94. The smallest absolute Gasteiger partial charge is 0.225 e. The van der Waals surface area contributed by atoms with Crippen molar-refractivity contribution in [2.75, 3.05) is 29.9 Å². The van der Waals surface area contributed by atoms with Gasteiger partial charge in [0.15, 0.2) is 0 Å². The van der Waals surface area contributed by atoms with Crippen LogP contribution < -0.4 is 15.5 Å². The Kier molecular flexibility index (Phi) is 6.05. The van der Waals surface area contributed by atoms with Gasteiger partial charge in [-0.25, -0.2) is 0 Å². The number of carbonyl (C=O) groups excluding carboxylic acids is 1. The number of hydrogen-bond donors (Lipinski definition) is 2. The minimum Gasteiger partial charge on any atom is -0.370 e. The number of carbonyl (C=O) groups is 1. The monoisotopic (exact) mass is 289 g/mol. The van der Waals surface area contributed by atoms with E-state index in [1.807, 2.05) is 25.1 Å². The maximum absolute atomic E-state index is 12.2. The second-order valence-electron chi connectivity index (χ2n) is 5.78. The fourth-order valence-corrected chi connectivity index (χ4v) is 2.89. The molecule has 1 aliphatic heterocycles. The second-order valence-corrected chi connectivity index (χ2v) is 5.78. The Morgan fingerprint density at radius 1 is 1.24 bits per heavy atom. The summed E-state index contributed by atoms with van der Waals surface area (Å²) in [7, 11) is 0. The van der Waals surface area contributed by atoms with Crippen molar-refractivity contribution >= 4 is 17.3 Å². The molecule has 0 saturated carbocycles. The van der Waals surface area contributed by atoms with Gasteiger partial charge in [-0.2, -0.15) is 0 Å². The van der Waals surface area contributed by atoms with Crippen molar-refractivity contribution in [2.45, 2.75) is 45.6 Å². The molecule has 2 N–H and O–H groups in total. The van der Waals surface area contributed by atoms with Crippen LogP contribution in [-0.2, 0) is 4.79 Å².